The monoisotopic (exact) mass is 371 g/mol. The first-order valence-corrected chi connectivity index (χ1v) is 8.61. The van der Waals surface area contributed by atoms with Crippen LogP contribution in [0.4, 0.5) is 4.39 Å². The van der Waals surface area contributed by atoms with Crippen LogP contribution in [0, 0.1) is 5.82 Å². The topological polar surface area (TPSA) is 61.9 Å². The van der Waals surface area contributed by atoms with Gasteiger partial charge in [-0.3, -0.25) is 14.5 Å². The molecule has 0 aromatic heterocycles. The van der Waals surface area contributed by atoms with E-state index in [1.807, 2.05) is 4.90 Å². The molecular formula is C17H23ClFN3O3. The molecule has 25 heavy (non-hydrogen) atoms. The van der Waals surface area contributed by atoms with E-state index in [-0.39, 0.29) is 17.4 Å². The minimum atomic E-state index is -0.577. The molecule has 0 aliphatic carbocycles. The molecule has 8 heteroatoms. The van der Waals surface area contributed by atoms with Gasteiger partial charge in [-0.05, 0) is 24.6 Å². The minimum Gasteiger partial charge on any atom is -0.385 e. The van der Waals surface area contributed by atoms with Crippen molar-refractivity contribution in [3.8, 4) is 0 Å². The van der Waals surface area contributed by atoms with E-state index in [0.29, 0.717) is 50.9 Å². The molecule has 0 radical (unpaired) electrons. The zero-order chi connectivity index (χ0) is 18.2. The zero-order valence-corrected chi connectivity index (χ0v) is 15.0. The molecule has 0 saturated carbocycles. The van der Waals surface area contributed by atoms with Gasteiger partial charge in [-0.25, -0.2) is 4.39 Å². The number of hydrogen-bond donors (Lipinski definition) is 1. The quantitative estimate of drug-likeness (QED) is 0.736. The van der Waals surface area contributed by atoms with Gasteiger partial charge < -0.3 is 15.0 Å². The summed E-state index contributed by atoms with van der Waals surface area (Å²) in [6.45, 7) is 3.52. The molecule has 1 fully saturated rings. The van der Waals surface area contributed by atoms with E-state index >= 15 is 0 Å². The number of benzene rings is 1. The summed E-state index contributed by atoms with van der Waals surface area (Å²) < 4.78 is 18.7. The fourth-order valence-electron chi connectivity index (χ4n) is 2.64. The molecule has 1 heterocycles. The molecule has 2 rings (SSSR count). The molecule has 2 amide bonds. The molecular weight excluding hydrogens is 349 g/mol. The van der Waals surface area contributed by atoms with Crippen molar-refractivity contribution in [1.29, 1.82) is 0 Å². The number of rotatable bonds is 7. The lowest BCUT2D eigenvalue weighted by Crippen LogP contribution is -2.51. The number of methoxy groups -OCH3 is 1. The van der Waals surface area contributed by atoms with Gasteiger partial charge in [0, 0.05) is 51.5 Å². The first kappa shape index (κ1) is 19.6. The number of carbonyl (C=O) groups is 2. The summed E-state index contributed by atoms with van der Waals surface area (Å²) in [5.41, 5.74) is -0.0168. The van der Waals surface area contributed by atoms with Crippen molar-refractivity contribution in [2.24, 2.45) is 0 Å². The molecule has 0 spiro atoms. The fourth-order valence-corrected chi connectivity index (χ4v) is 2.82. The second-order valence-electron chi connectivity index (χ2n) is 5.89. The van der Waals surface area contributed by atoms with E-state index in [0.717, 1.165) is 6.42 Å². The summed E-state index contributed by atoms with van der Waals surface area (Å²) in [6.07, 6.45) is 0.774. The lowest BCUT2D eigenvalue weighted by molar-refractivity contribution is -0.122. The zero-order valence-electron chi connectivity index (χ0n) is 14.3. The number of nitrogens with one attached hydrogen (secondary N) is 1. The summed E-state index contributed by atoms with van der Waals surface area (Å²) in [4.78, 5) is 27.8. The summed E-state index contributed by atoms with van der Waals surface area (Å²) in [7, 11) is 1.62. The normalized spacial score (nSPS) is 15.2. The number of hydrogen-bond acceptors (Lipinski definition) is 4. The van der Waals surface area contributed by atoms with Gasteiger partial charge in [0.2, 0.25) is 5.91 Å². The largest absolute Gasteiger partial charge is 0.385 e. The predicted octanol–water partition coefficient (Wildman–Crippen LogP) is 1.39. The maximum Gasteiger partial charge on any atom is 0.256 e. The highest BCUT2D eigenvalue weighted by atomic mass is 35.5. The van der Waals surface area contributed by atoms with E-state index in [2.05, 4.69) is 5.32 Å². The van der Waals surface area contributed by atoms with Crippen LogP contribution >= 0.6 is 11.6 Å². The lowest BCUT2D eigenvalue weighted by Gasteiger charge is -2.34. The van der Waals surface area contributed by atoms with E-state index in [4.69, 9.17) is 16.3 Å². The SMILES string of the molecule is COCCCNC(=O)CN1CCN(C(=O)c2cc(Cl)ccc2F)CC1. The Morgan fingerprint density at radius 3 is 2.68 bits per heavy atom. The van der Waals surface area contributed by atoms with Crippen molar-refractivity contribution in [2.45, 2.75) is 6.42 Å². The van der Waals surface area contributed by atoms with Crippen molar-refractivity contribution in [3.63, 3.8) is 0 Å². The van der Waals surface area contributed by atoms with Gasteiger partial charge in [-0.2, -0.15) is 0 Å². The summed E-state index contributed by atoms with van der Waals surface area (Å²) >= 11 is 5.84. The van der Waals surface area contributed by atoms with E-state index in [9.17, 15) is 14.0 Å². The van der Waals surface area contributed by atoms with Gasteiger partial charge in [0.05, 0.1) is 12.1 Å². The van der Waals surface area contributed by atoms with Crippen LogP contribution in [0.2, 0.25) is 5.02 Å². The Bertz CT molecular complexity index is 607. The molecule has 1 aromatic carbocycles. The molecule has 1 saturated heterocycles. The minimum absolute atomic E-state index is 0.0168. The number of ether oxygens (including phenoxy) is 1. The molecule has 0 unspecified atom stereocenters. The Kier molecular flexibility index (Phi) is 7.61. The fraction of sp³-hybridized carbons (Fsp3) is 0.529. The molecule has 1 aromatic rings. The van der Waals surface area contributed by atoms with Crippen LogP contribution in [0.3, 0.4) is 0 Å². The van der Waals surface area contributed by atoms with E-state index in [1.54, 1.807) is 12.0 Å². The van der Waals surface area contributed by atoms with Crippen LogP contribution in [0.5, 0.6) is 0 Å². The van der Waals surface area contributed by atoms with Gasteiger partial charge in [0.15, 0.2) is 0 Å². The summed E-state index contributed by atoms with van der Waals surface area (Å²) in [5, 5.41) is 3.16. The predicted molar refractivity (Wildman–Crippen MR) is 93.3 cm³/mol. The van der Waals surface area contributed by atoms with Crippen LogP contribution in [0.1, 0.15) is 16.8 Å². The third-order valence-electron chi connectivity index (χ3n) is 4.03. The Hall–Kier alpha value is -1.70. The average Bonchev–Trinajstić information content (AvgIpc) is 2.61. The molecule has 1 N–H and O–H groups in total. The Morgan fingerprint density at radius 2 is 2.00 bits per heavy atom. The van der Waals surface area contributed by atoms with Crippen LogP contribution in [-0.4, -0.2) is 74.6 Å². The molecule has 0 atom stereocenters. The van der Waals surface area contributed by atoms with E-state index < -0.39 is 5.82 Å². The highest BCUT2D eigenvalue weighted by Gasteiger charge is 2.25. The molecule has 0 bridgehead atoms. The standard InChI is InChI=1S/C17H23ClFN3O3/c1-25-10-2-5-20-16(23)12-21-6-8-22(9-7-21)17(24)14-11-13(18)3-4-15(14)19/h3-4,11H,2,5-10,12H2,1H3,(H,20,23). The second kappa shape index (κ2) is 9.70. The average molecular weight is 372 g/mol. The number of halogens is 2. The van der Waals surface area contributed by atoms with Crippen LogP contribution in [0.25, 0.3) is 0 Å². The number of amides is 2. The molecule has 6 nitrogen and oxygen atoms in total. The van der Waals surface area contributed by atoms with Crippen molar-refractivity contribution >= 4 is 23.4 Å². The smallest absolute Gasteiger partial charge is 0.256 e. The number of carbonyl (C=O) groups excluding carboxylic acids is 2. The maximum absolute atomic E-state index is 13.8. The van der Waals surface area contributed by atoms with Gasteiger partial charge >= 0.3 is 0 Å². The third kappa shape index (κ3) is 5.95. The van der Waals surface area contributed by atoms with Gasteiger partial charge in [-0.15, -0.1) is 0 Å². The molecule has 138 valence electrons. The third-order valence-corrected chi connectivity index (χ3v) is 4.27. The highest BCUT2D eigenvalue weighted by Crippen LogP contribution is 2.17. The number of nitrogens with zero attached hydrogens (tertiary/aromatic N) is 2. The summed E-state index contributed by atoms with van der Waals surface area (Å²) in [5.74, 6) is -0.993. The van der Waals surface area contributed by atoms with Gasteiger partial charge in [0.1, 0.15) is 5.82 Å². The van der Waals surface area contributed by atoms with Crippen molar-refractivity contribution in [1.82, 2.24) is 15.1 Å². The van der Waals surface area contributed by atoms with Crippen LogP contribution in [-0.2, 0) is 9.53 Å². The van der Waals surface area contributed by atoms with Crippen LogP contribution < -0.4 is 5.32 Å². The molecule has 1 aliphatic heterocycles. The highest BCUT2D eigenvalue weighted by molar-refractivity contribution is 6.31. The van der Waals surface area contributed by atoms with Crippen LogP contribution in [0.15, 0.2) is 18.2 Å². The van der Waals surface area contributed by atoms with E-state index in [1.165, 1.54) is 18.2 Å². The van der Waals surface area contributed by atoms with Gasteiger partial charge in [0.25, 0.3) is 5.91 Å². The lowest BCUT2D eigenvalue weighted by atomic mass is 10.1. The molecule has 1 aliphatic rings. The Labute approximate surface area is 151 Å². The number of piperazine rings is 1. The Balaban J connectivity index is 1.78. The van der Waals surface area contributed by atoms with Crippen molar-refractivity contribution in [3.05, 3.63) is 34.6 Å². The summed E-state index contributed by atoms with van der Waals surface area (Å²) in [6, 6.07) is 3.95. The second-order valence-corrected chi connectivity index (χ2v) is 6.33. The van der Waals surface area contributed by atoms with Crippen molar-refractivity contribution < 1.29 is 18.7 Å². The first-order valence-electron chi connectivity index (χ1n) is 8.23. The first-order chi connectivity index (χ1) is 12.0. The van der Waals surface area contributed by atoms with Gasteiger partial charge in [-0.1, -0.05) is 11.6 Å². The van der Waals surface area contributed by atoms with Crippen molar-refractivity contribution in [2.75, 3.05) is 53.0 Å². The Morgan fingerprint density at radius 1 is 1.28 bits per heavy atom. The maximum atomic E-state index is 13.8.